The number of hydrogen-bond donors (Lipinski definition) is 1. The summed E-state index contributed by atoms with van der Waals surface area (Å²) in [5.41, 5.74) is 7.59. The molecule has 7 nitrogen and oxygen atoms in total. The van der Waals surface area contributed by atoms with Gasteiger partial charge in [-0.3, -0.25) is 0 Å². The molecule has 0 saturated carbocycles. The minimum atomic E-state index is -0.762. The van der Waals surface area contributed by atoms with Gasteiger partial charge in [-0.15, -0.1) is 0 Å². The zero-order chi connectivity index (χ0) is 23.4. The third-order valence-corrected chi connectivity index (χ3v) is 5.71. The monoisotopic (exact) mass is 518 g/mol. The second-order valence-corrected chi connectivity index (χ2v) is 8.14. The van der Waals surface area contributed by atoms with Crippen LogP contribution in [0.3, 0.4) is 0 Å². The van der Waals surface area contributed by atoms with E-state index in [0.29, 0.717) is 27.6 Å². The lowest BCUT2D eigenvalue weighted by Gasteiger charge is -2.27. The van der Waals surface area contributed by atoms with Gasteiger partial charge >= 0.3 is 5.97 Å². The molecule has 3 rings (SSSR count). The van der Waals surface area contributed by atoms with Gasteiger partial charge in [-0.25, -0.2) is 4.79 Å². The van der Waals surface area contributed by atoms with Crippen LogP contribution in [0.15, 0.2) is 63.7 Å². The molecule has 2 N–H and O–H groups in total. The summed E-state index contributed by atoms with van der Waals surface area (Å²) < 4.78 is 22.5. The van der Waals surface area contributed by atoms with E-state index in [0.717, 1.165) is 4.47 Å². The zero-order valence-electron chi connectivity index (χ0n) is 17.6. The maximum Gasteiger partial charge on any atom is 0.338 e. The molecule has 0 fully saturated rings. The van der Waals surface area contributed by atoms with Crippen molar-refractivity contribution in [1.82, 2.24) is 0 Å². The number of ether oxygens (including phenoxy) is 4. The first kappa shape index (κ1) is 23.5. The standard InChI is InChI=1S/C23H20BrClN2O5/c1-12-20(23(28)30-3)21(16(10-26)22(27)32-12)13-4-6-18(29-2)14(8-13)11-31-19-7-5-15(24)9-17(19)25/h4-9,21H,11,27H2,1-3H3. The quantitative estimate of drug-likeness (QED) is 0.539. The second-order valence-electron chi connectivity index (χ2n) is 6.82. The van der Waals surface area contributed by atoms with E-state index in [9.17, 15) is 10.1 Å². The van der Waals surface area contributed by atoms with Crippen LogP contribution < -0.4 is 15.2 Å². The molecule has 0 aliphatic carbocycles. The number of carbonyl (C=O) groups excluding carboxylic acids is 1. The predicted octanol–water partition coefficient (Wildman–Crippen LogP) is 4.94. The van der Waals surface area contributed by atoms with Crippen LogP contribution >= 0.6 is 27.5 Å². The first-order valence-corrected chi connectivity index (χ1v) is 10.6. The first-order chi connectivity index (χ1) is 15.3. The van der Waals surface area contributed by atoms with Crippen LogP contribution in [0.4, 0.5) is 0 Å². The lowest BCUT2D eigenvalue weighted by atomic mass is 9.82. The fraction of sp³-hybridized carbons (Fsp3) is 0.217. The van der Waals surface area contributed by atoms with E-state index in [1.165, 1.54) is 7.11 Å². The Bertz CT molecular complexity index is 1170. The molecule has 1 aliphatic heterocycles. The van der Waals surface area contributed by atoms with E-state index < -0.39 is 11.9 Å². The molecule has 32 heavy (non-hydrogen) atoms. The number of allylic oxidation sites excluding steroid dienone is 2. The van der Waals surface area contributed by atoms with Crippen molar-refractivity contribution in [1.29, 1.82) is 5.26 Å². The Morgan fingerprint density at radius 1 is 1.25 bits per heavy atom. The summed E-state index contributed by atoms with van der Waals surface area (Å²) in [5, 5.41) is 10.2. The first-order valence-electron chi connectivity index (χ1n) is 9.42. The third kappa shape index (κ3) is 4.69. The van der Waals surface area contributed by atoms with Gasteiger partial charge in [0.2, 0.25) is 5.88 Å². The molecule has 1 atom stereocenters. The summed E-state index contributed by atoms with van der Waals surface area (Å²) >= 11 is 9.61. The predicted molar refractivity (Wildman–Crippen MR) is 122 cm³/mol. The van der Waals surface area contributed by atoms with Gasteiger partial charge < -0.3 is 24.7 Å². The molecule has 0 bridgehead atoms. The Morgan fingerprint density at radius 3 is 2.59 bits per heavy atom. The van der Waals surface area contributed by atoms with Crippen molar-refractivity contribution in [2.75, 3.05) is 14.2 Å². The molecule has 166 valence electrons. The highest BCUT2D eigenvalue weighted by Crippen LogP contribution is 2.41. The summed E-state index contributed by atoms with van der Waals surface area (Å²) in [5.74, 6) is -0.0808. The van der Waals surface area contributed by atoms with Crippen molar-refractivity contribution in [3.8, 4) is 17.6 Å². The molecule has 2 aromatic carbocycles. The minimum Gasteiger partial charge on any atom is -0.496 e. The molecule has 0 saturated heterocycles. The maximum absolute atomic E-state index is 12.5. The van der Waals surface area contributed by atoms with E-state index in [1.54, 1.807) is 44.4 Å². The summed E-state index contributed by atoms with van der Waals surface area (Å²) in [6.45, 7) is 1.74. The van der Waals surface area contributed by atoms with Crippen molar-refractivity contribution in [2.45, 2.75) is 19.4 Å². The average molecular weight is 520 g/mol. The van der Waals surface area contributed by atoms with Crippen LogP contribution in [0.25, 0.3) is 0 Å². The number of benzene rings is 2. The van der Waals surface area contributed by atoms with E-state index in [2.05, 4.69) is 22.0 Å². The van der Waals surface area contributed by atoms with Crippen LogP contribution in [0, 0.1) is 11.3 Å². The molecule has 2 aromatic rings. The molecular weight excluding hydrogens is 500 g/mol. The highest BCUT2D eigenvalue weighted by atomic mass is 79.9. The normalized spacial score (nSPS) is 15.7. The van der Waals surface area contributed by atoms with Crippen molar-refractivity contribution >= 4 is 33.5 Å². The molecule has 0 spiro atoms. The number of nitrogens with two attached hydrogens (primary N) is 1. The van der Waals surface area contributed by atoms with Crippen LogP contribution in [0.5, 0.6) is 11.5 Å². The molecule has 9 heteroatoms. The van der Waals surface area contributed by atoms with Crippen molar-refractivity contribution in [2.24, 2.45) is 5.73 Å². The number of methoxy groups -OCH3 is 2. The average Bonchev–Trinajstić information content (AvgIpc) is 2.77. The van der Waals surface area contributed by atoms with Crippen molar-refractivity contribution in [3.63, 3.8) is 0 Å². The maximum atomic E-state index is 12.5. The van der Waals surface area contributed by atoms with Gasteiger partial charge in [0, 0.05) is 10.0 Å². The molecule has 0 aromatic heterocycles. The van der Waals surface area contributed by atoms with Gasteiger partial charge in [0.25, 0.3) is 0 Å². The Hall–Kier alpha value is -3.15. The van der Waals surface area contributed by atoms with E-state index in [4.69, 9.17) is 36.3 Å². The van der Waals surface area contributed by atoms with Gasteiger partial charge in [-0.2, -0.15) is 5.26 Å². The Balaban J connectivity index is 2.04. The van der Waals surface area contributed by atoms with Gasteiger partial charge in [0.15, 0.2) is 0 Å². The van der Waals surface area contributed by atoms with E-state index in [-0.39, 0.29) is 29.4 Å². The number of halogens is 2. The summed E-state index contributed by atoms with van der Waals surface area (Å²) in [6, 6.07) is 12.6. The topological polar surface area (TPSA) is 104 Å². The molecule has 1 heterocycles. The Labute approximate surface area is 199 Å². The number of rotatable bonds is 6. The van der Waals surface area contributed by atoms with E-state index in [1.807, 2.05) is 6.07 Å². The zero-order valence-corrected chi connectivity index (χ0v) is 19.9. The highest BCUT2D eigenvalue weighted by Gasteiger charge is 2.36. The molecule has 0 radical (unpaired) electrons. The molecule has 0 amide bonds. The highest BCUT2D eigenvalue weighted by molar-refractivity contribution is 9.10. The molecular formula is C23H20BrClN2O5. The summed E-state index contributed by atoms with van der Waals surface area (Å²) in [7, 11) is 2.81. The van der Waals surface area contributed by atoms with Gasteiger partial charge in [-0.05, 0) is 42.8 Å². The number of nitriles is 1. The lowest BCUT2D eigenvalue weighted by molar-refractivity contribution is -0.136. The van der Waals surface area contributed by atoms with Gasteiger partial charge in [0.1, 0.15) is 35.5 Å². The SMILES string of the molecule is COC(=O)C1=C(C)OC(N)=C(C#N)C1c1ccc(OC)c(COc2ccc(Br)cc2Cl)c1. The summed E-state index contributed by atoms with van der Waals surface area (Å²) in [6.07, 6.45) is 0. The Kier molecular flexibility index (Phi) is 7.33. The molecule has 1 aliphatic rings. The fourth-order valence-electron chi connectivity index (χ4n) is 3.43. The van der Waals surface area contributed by atoms with Gasteiger partial charge in [-0.1, -0.05) is 33.6 Å². The fourth-order valence-corrected chi connectivity index (χ4v) is 4.16. The van der Waals surface area contributed by atoms with Crippen LogP contribution in [-0.2, 0) is 20.9 Å². The van der Waals surface area contributed by atoms with Crippen LogP contribution in [0.2, 0.25) is 5.02 Å². The van der Waals surface area contributed by atoms with Crippen LogP contribution in [0.1, 0.15) is 24.0 Å². The number of esters is 1. The number of carbonyl (C=O) groups is 1. The summed E-state index contributed by atoms with van der Waals surface area (Å²) in [4.78, 5) is 12.5. The van der Waals surface area contributed by atoms with Gasteiger partial charge in [0.05, 0.1) is 30.7 Å². The third-order valence-electron chi connectivity index (χ3n) is 4.93. The lowest BCUT2D eigenvalue weighted by Crippen LogP contribution is -2.25. The number of nitrogens with zero attached hydrogens (tertiary/aromatic N) is 1. The largest absolute Gasteiger partial charge is 0.496 e. The molecule has 1 unspecified atom stereocenters. The second kappa shape index (κ2) is 9.98. The number of hydrogen-bond acceptors (Lipinski definition) is 7. The Morgan fingerprint density at radius 2 is 1.97 bits per heavy atom. The van der Waals surface area contributed by atoms with E-state index >= 15 is 0 Å². The van der Waals surface area contributed by atoms with Crippen LogP contribution in [-0.4, -0.2) is 20.2 Å². The minimum absolute atomic E-state index is 0.0575. The smallest absolute Gasteiger partial charge is 0.338 e. The van der Waals surface area contributed by atoms with Crippen molar-refractivity contribution in [3.05, 3.63) is 79.8 Å². The van der Waals surface area contributed by atoms with Crippen molar-refractivity contribution < 1.29 is 23.7 Å².